The second kappa shape index (κ2) is 9.95. The van der Waals surface area contributed by atoms with Crippen LogP contribution in [0.4, 0.5) is 4.39 Å². The number of H-pyrrole nitrogens is 1. The highest BCUT2D eigenvalue weighted by Gasteiger charge is 2.29. The molecule has 2 N–H and O–H groups in total. The lowest BCUT2D eigenvalue weighted by Gasteiger charge is -2.35. The van der Waals surface area contributed by atoms with Gasteiger partial charge >= 0.3 is 0 Å². The summed E-state index contributed by atoms with van der Waals surface area (Å²) in [5.41, 5.74) is 0.505. The van der Waals surface area contributed by atoms with Crippen molar-refractivity contribution in [3.63, 3.8) is 0 Å². The van der Waals surface area contributed by atoms with E-state index in [4.69, 9.17) is 21.1 Å². The summed E-state index contributed by atoms with van der Waals surface area (Å²) in [6.45, 7) is 1.41. The SMILES string of the molecule is CSc1nc2c(F)c(Cl)nc(OCCNC3CC(OCc4ccccc4)C3)c2c(=O)[nH]1. The summed E-state index contributed by atoms with van der Waals surface area (Å²) in [7, 11) is 0. The van der Waals surface area contributed by atoms with Crippen LogP contribution in [-0.4, -0.2) is 46.5 Å². The van der Waals surface area contributed by atoms with Crippen LogP contribution in [0.3, 0.4) is 0 Å². The van der Waals surface area contributed by atoms with E-state index >= 15 is 0 Å². The Labute approximate surface area is 187 Å². The fraction of sp³-hybridized carbons (Fsp3) is 0.381. The van der Waals surface area contributed by atoms with Gasteiger partial charge in [0.2, 0.25) is 5.88 Å². The van der Waals surface area contributed by atoms with E-state index in [9.17, 15) is 9.18 Å². The summed E-state index contributed by atoms with van der Waals surface area (Å²) in [5.74, 6) is -0.859. The van der Waals surface area contributed by atoms with Crippen LogP contribution in [0.5, 0.6) is 5.88 Å². The third-order valence-corrected chi connectivity index (χ3v) is 5.92. The van der Waals surface area contributed by atoms with Gasteiger partial charge in [0.15, 0.2) is 16.1 Å². The van der Waals surface area contributed by atoms with Gasteiger partial charge in [-0.15, -0.1) is 0 Å². The van der Waals surface area contributed by atoms with Crippen LogP contribution in [-0.2, 0) is 11.3 Å². The molecule has 0 amide bonds. The normalized spacial score (nSPS) is 18.2. The molecule has 0 saturated heterocycles. The molecule has 1 aliphatic rings. The number of hydrogen-bond acceptors (Lipinski definition) is 7. The van der Waals surface area contributed by atoms with E-state index in [0.29, 0.717) is 24.3 Å². The second-order valence-electron chi connectivity index (χ2n) is 7.21. The number of nitrogens with zero attached hydrogens (tertiary/aromatic N) is 2. The average molecular weight is 465 g/mol. The first-order chi connectivity index (χ1) is 15.0. The molecule has 4 rings (SSSR count). The summed E-state index contributed by atoms with van der Waals surface area (Å²) in [6.07, 6.45) is 3.83. The average Bonchev–Trinajstić information content (AvgIpc) is 2.75. The first-order valence-electron chi connectivity index (χ1n) is 9.90. The zero-order chi connectivity index (χ0) is 21.8. The molecule has 164 valence electrons. The zero-order valence-electron chi connectivity index (χ0n) is 16.9. The Morgan fingerprint density at radius 2 is 2.06 bits per heavy atom. The molecule has 2 heterocycles. The number of rotatable bonds is 9. The minimum Gasteiger partial charge on any atom is -0.476 e. The summed E-state index contributed by atoms with van der Waals surface area (Å²) >= 11 is 7.07. The number of thioether (sulfide) groups is 1. The van der Waals surface area contributed by atoms with Gasteiger partial charge in [0.05, 0.1) is 12.7 Å². The maximum Gasteiger partial charge on any atom is 0.265 e. The Balaban J connectivity index is 1.27. The molecule has 2 aromatic heterocycles. The van der Waals surface area contributed by atoms with Crippen LogP contribution in [0.15, 0.2) is 40.3 Å². The molecular weight excluding hydrogens is 443 g/mol. The standard InChI is InChI=1S/C21H22ClFN4O3S/c1-31-21-25-17-15(19(28)27-21)20(26-18(22)16(17)23)29-8-7-24-13-9-14(10-13)30-11-12-5-3-2-4-6-12/h2-6,13-14,24H,7-11H2,1H3,(H,25,27,28). The number of nitrogens with one attached hydrogen (secondary N) is 2. The number of fused-ring (bicyclic) bond motifs is 1. The van der Waals surface area contributed by atoms with Gasteiger partial charge in [-0.2, -0.15) is 4.98 Å². The minimum absolute atomic E-state index is 0.0257. The molecule has 0 unspecified atom stereocenters. The molecule has 1 aromatic carbocycles. The predicted octanol–water partition coefficient (Wildman–Crippen LogP) is 3.55. The summed E-state index contributed by atoms with van der Waals surface area (Å²) in [6, 6.07) is 10.4. The number of halogens is 2. The fourth-order valence-electron chi connectivity index (χ4n) is 3.37. The monoisotopic (exact) mass is 464 g/mol. The topological polar surface area (TPSA) is 89.1 Å². The van der Waals surface area contributed by atoms with E-state index in [1.807, 2.05) is 30.3 Å². The van der Waals surface area contributed by atoms with Crippen molar-refractivity contribution in [1.82, 2.24) is 20.3 Å². The quantitative estimate of drug-likeness (QED) is 0.216. The Hall–Kier alpha value is -2.20. The third kappa shape index (κ3) is 5.17. The van der Waals surface area contributed by atoms with E-state index in [0.717, 1.165) is 12.8 Å². The van der Waals surface area contributed by atoms with Gasteiger partial charge in [0, 0.05) is 12.6 Å². The molecule has 3 aromatic rings. The summed E-state index contributed by atoms with van der Waals surface area (Å²) in [4.78, 5) is 22.9. The highest BCUT2D eigenvalue weighted by atomic mass is 35.5. The lowest BCUT2D eigenvalue weighted by molar-refractivity contribution is -0.0269. The molecule has 0 aliphatic heterocycles. The maximum absolute atomic E-state index is 14.3. The predicted molar refractivity (Wildman–Crippen MR) is 118 cm³/mol. The van der Waals surface area contributed by atoms with Crippen LogP contribution < -0.4 is 15.6 Å². The van der Waals surface area contributed by atoms with Gasteiger partial charge in [0.1, 0.15) is 17.5 Å². The molecule has 1 fully saturated rings. The van der Waals surface area contributed by atoms with Gasteiger partial charge in [-0.3, -0.25) is 4.79 Å². The maximum atomic E-state index is 14.3. The van der Waals surface area contributed by atoms with Crippen molar-refractivity contribution in [2.45, 2.75) is 36.8 Å². The lowest BCUT2D eigenvalue weighted by atomic mass is 9.89. The molecule has 0 atom stereocenters. The van der Waals surface area contributed by atoms with Crippen molar-refractivity contribution >= 4 is 34.3 Å². The van der Waals surface area contributed by atoms with Gasteiger partial charge in [-0.1, -0.05) is 53.7 Å². The number of hydrogen-bond donors (Lipinski definition) is 2. The number of pyridine rings is 1. The van der Waals surface area contributed by atoms with E-state index in [1.54, 1.807) is 6.26 Å². The first kappa shape index (κ1) is 22.0. The second-order valence-corrected chi connectivity index (χ2v) is 8.36. The lowest BCUT2D eigenvalue weighted by Crippen LogP contribution is -2.46. The van der Waals surface area contributed by atoms with E-state index in [2.05, 4.69) is 20.3 Å². The number of ether oxygens (including phenoxy) is 2. The smallest absolute Gasteiger partial charge is 0.265 e. The molecule has 10 heteroatoms. The van der Waals surface area contributed by atoms with Crippen LogP contribution in [0.1, 0.15) is 18.4 Å². The number of aromatic nitrogens is 3. The van der Waals surface area contributed by atoms with Gasteiger partial charge in [-0.05, 0) is 24.7 Å². The molecule has 0 radical (unpaired) electrons. The van der Waals surface area contributed by atoms with Crippen LogP contribution in [0, 0.1) is 5.82 Å². The van der Waals surface area contributed by atoms with Crippen molar-refractivity contribution in [3.05, 3.63) is 57.2 Å². The van der Waals surface area contributed by atoms with Crippen molar-refractivity contribution in [2.24, 2.45) is 0 Å². The molecule has 0 spiro atoms. The molecule has 1 saturated carbocycles. The van der Waals surface area contributed by atoms with Crippen LogP contribution >= 0.6 is 23.4 Å². The fourth-order valence-corrected chi connectivity index (χ4v) is 3.91. The van der Waals surface area contributed by atoms with E-state index in [-0.39, 0.29) is 34.6 Å². The van der Waals surface area contributed by atoms with Crippen LogP contribution in [0.2, 0.25) is 5.15 Å². The molecule has 0 bridgehead atoms. The molecule has 1 aliphatic carbocycles. The Bertz CT molecular complexity index is 1110. The largest absolute Gasteiger partial charge is 0.476 e. The highest BCUT2D eigenvalue weighted by Crippen LogP contribution is 2.28. The van der Waals surface area contributed by atoms with Gasteiger partial charge < -0.3 is 19.8 Å². The molecular formula is C21H22ClFN4O3S. The van der Waals surface area contributed by atoms with Gasteiger partial charge in [-0.25, -0.2) is 9.37 Å². The molecule has 7 nitrogen and oxygen atoms in total. The number of benzene rings is 1. The van der Waals surface area contributed by atoms with Crippen molar-refractivity contribution in [3.8, 4) is 5.88 Å². The third-order valence-electron chi connectivity index (χ3n) is 5.09. The van der Waals surface area contributed by atoms with E-state index in [1.165, 1.54) is 17.3 Å². The molecule has 31 heavy (non-hydrogen) atoms. The van der Waals surface area contributed by atoms with Crippen molar-refractivity contribution in [1.29, 1.82) is 0 Å². The Morgan fingerprint density at radius 1 is 1.29 bits per heavy atom. The zero-order valence-corrected chi connectivity index (χ0v) is 18.4. The van der Waals surface area contributed by atoms with Crippen LogP contribution in [0.25, 0.3) is 10.9 Å². The van der Waals surface area contributed by atoms with Crippen molar-refractivity contribution in [2.75, 3.05) is 19.4 Å². The Morgan fingerprint density at radius 3 is 2.81 bits per heavy atom. The number of aromatic amines is 1. The van der Waals surface area contributed by atoms with Gasteiger partial charge in [0.25, 0.3) is 5.56 Å². The first-order valence-corrected chi connectivity index (χ1v) is 11.5. The highest BCUT2D eigenvalue weighted by molar-refractivity contribution is 7.98. The Kier molecular flexibility index (Phi) is 7.06. The van der Waals surface area contributed by atoms with E-state index < -0.39 is 11.4 Å². The summed E-state index contributed by atoms with van der Waals surface area (Å²) in [5, 5.41) is 3.25. The van der Waals surface area contributed by atoms with Crippen molar-refractivity contribution < 1.29 is 13.9 Å². The summed E-state index contributed by atoms with van der Waals surface area (Å²) < 4.78 is 25.9. The minimum atomic E-state index is -0.834.